The van der Waals surface area contributed by atoms with Gasteiger partial charge in [-0.15, -0.1) is 0 Å². The van der Waals surface area contributed by atoms with E-state index in [4.69, 9.17) is 0 Å². The number of hydrogen-bond donors (Lipinski definition) is 0. The molecular formula is C24H21IN2O2. The Bertz CT molecular complexity index is 1060. The van der Waals surface area contributed by atoms with E-state index in [0.717, 1.165) is 19.4 Å². The Balaban J connectivity index is 1.54. The highest BCUT2D eigenvalue weighted by Gasteiger charge is 2.47. The van der Waals surface area contributed by atoms with Gasteiger partial charge in [0.05, 0.1) is 11.0 Å². The summed E-state index contributed by atoms with van der Waals surface area (Å²) in [5, 5.41) is 11.1. The molecule has 4 nitrogen and oxygen atoms in total. The molecule has 4 aliphatic rings. The Morgan fingerprint density at radius 3 is 2.45 bits per heavy atom. The maximum atomic E-state index is 11.1. The van der Waals surface area contributed by atoms with Crippen molar-refractivity contribution in [2.75, 3.05) is 11.4 Å². The van der Waals surface area contributed by atoms with Crippen molar-refractivity contribution in [2.24, 2.45) is 11.8 Å². The van der Waals surface area contributed by atoms with Crippen molar-refractivity contribution in [3.63, 3.8) is 0 Å². The van der Waals surface area contributed by atoms with E-state index in [0.29, 0.717) is 23.7 Å². The zero-order valence-electron chi connectivity index (χ0n) is 15.9. The highest BCUT2D eigenvalue weighted by atomic mass is 127. The van der Waals surface area contributed by atoms with Gasteiger partial charge in [-0.3, -0.25) is 10.1 Å². The highest BCUT2D eigenvalue weighted by molar-refractivity contribution is 14.1. The van der Waals surface area contributed by atoms with Crippen LogP contribution in [0, 0.1) is 25.5 Å². The van der Waals surface area contributed by atoms with Crippen LogP contribution in [-0.4, -0.2) is 11.5 Å². The fourth-order valence-electron chi connectivity index (χ4n) is 6.11. The predicted octanol–water partition coefficient (Wildman–Crippen LogP) is 6.09. The first-order valence-corrected chi connectivity index (χ1v) is 11.4. The summed E-state index contributed by atoms with van der Waals surface area (Å²) in [5.41, 5.74) is 5.74. The molecule has 0 spiro atoms. The molecule has 2 aromatic rings. The molecule has 0 amide bonds. The summed E-state index contributed by atoms with van der Waals surface area (Å²) in [6.07, 6.45) is 11.7. The number of nitro benzene ring substituents is 1. The van der Waals surface area contributed by atoms with E-state index in [1.807, 2.05) is 12.1 Å². The van der Waals surface area contributed by atoms with Crippen molar-refractivity contribution in [2.45, 2.75) is 30.7 Å². The van der Waals surface area contributed by atoms with E-state index in [1.165, 1.54) is 25.9 Å². The molecule has 29 heavy (non-hydrogen) atoms. The number of rotatable bonds is 2. The second-order valence-electron chi connectivity index (χ2n) is 8.68. The van der Waals surface area contributed by atoms with Crippen LogP contribution in [-0.2, 0) is 0 Å². The number of benzene rings is 2. The molecule has 0 aromatic heterocycles. The molecule has 2 heterocycles. The van der Waals surface area contributed by atoms with Crippen molar-refractivity contribution in [3.05, 3.63) is 91.1 Å². The van der Waals surface area contributed by atoms with Gasteiger partial charge in [0.25, 0.3) is 5.69 Å². The monoisotopic (exact) mass is 496 g/mol. The van der Waals surface area contributed by atoms with Crippen LogP contribution in [0.4, 0.5) is 11.4 Å². The van der Waals surface area contributed by atoms with Crippen molar-refractivity contribution in [1.29, 1.82) is 0 Å². The van der Waals surface area contributed by atoms with Crippen LogP contribution in [0.15, 0.2) is 60.7 Å². The molecule has 0 saturated heterocycles. The number of nitrogens with zero attached hydrogens (tertiary/aromatic N) is 2. The molecule has 2 aromatic carbocycles. The minimum absolute atomic E-state index is 0.167. The highest BCUT2D eigenvalue weighted by Crippen LogP contribution is 2.58. The van der Waals surface area contributed by atoms with Gasteiger partial charge in [0.1, 0.15) is 0 Å². The molecule has 0 N–H and O–H groups in total. The molecule has 5 heteroatoms. The van der Waals surface area contributed by atoms with Crippen LogP contribution in [0.25, 0.3) is 0 Å². The van der Waals surface area contributed by atoms with E-state index in [1.54, 1.807) is 12.1 Å². The van der Waals surface area contributed by atoms with E-state index in [9.17, 15) is 10.1 Å². The number of allylic oxidation sites excluding steroid dienone is 4. The van der Waals surface area contributed by atoms with Gasteiger partial charge in [-0.1, -0.05) is 36.4 Å². The summed E-state index contributed by atoms with van der Waals surface area (Å²) < 4.78 is 1.32. The van der Waals surface area contributed by atoms with E-state index in [-0.39, 0.29) is 16.7 Å². The standard InChI is InChI=1S/C24H21IN2O2/c25-16-11-21-18-4-1-3-15(18)13-26-23(14-7-9-17(10-8-14)27(28)29)20-6-2-5-19(20)22(12-16)24(21)26/h1-2,4-5,7-12,15,18-20,23H,3,6,13H2/t15-,18+,19+,20+,23-/m1/s1. The normalized spacial score (nSPS) is 30.8. The number of hydrogen-bond acceptors (Lipinski definition) is 3. The smallest absolute Gasteiger partial charge is 0.269 e. The summed E-state index contributed by atoms with van der Waals surface area (Å²) in [6, 6.07) is 12.3. The van der Waals surface area contributed by atoms with E-state index < -0.39 is 0 Å². The lowest BCUT2D eigenvalue weighted by Crippen LogP contribution is -2.46. The number of fused-ring (bicyclic) bond motifs is 4. The average molecular weight is 496 g/mol. The largest absolute Gasteiger partial charge is 0.363 e. The quantitative estimate of drug-likeness (QED) is 0.219. The van der Waals surface area contributed by atoms with E-state index >= 15 is 0 Å². The number of halogens is 1. The third-order valence-electron chi connectivity index (χ3n) is 7.26. The predicted molar refractivity (Wildman–Crippen MR) is 122 cm³/mol. The number of nitro groups is 1. The van der Waals surface area contributed by atoms with Crippen LogP contribution in [0.5, 0.6) is 0 Å². The van der Waals surface area contributed by atoms with Gasteiger partial charge in [0.15, 0.2) is 0 Å². The number of anilines is 1. The molecule has 6 rings (SSSR count). The molecule has 0 bridgehead atoms. The lowest BCUT2D eigenvalue weighted by molar-refractivity contribution is -0.384. The third kappa shape index (κ3) is 2.56. The Kier molecular flexibility index (Phi) is 3.92. The summed E-state index contributed by atoms with van der Waals surface area (Å²) in [5.74, 6) is 2.06. The zero-order valence-corrected chi connectivity index (χ0v) is 18.0. The fraction of sp³-hybridized carbons (Fsp3) is 0.333. The first-order chi connectivity index (χ1) is 14.1. The van der Waals surface area contributed by atoms with Gasteiger partial charge in [-0.2, -0.15) is 0 Å². The Hall–Kier alpha value is -2.15. The third-order valence-corrected chi connectivity index (χ3v) is 7.88. The zero-order chi connectivity index (χ0) is 19.7. The van der Waals surface area contributed by atoms with Crippen molar-refractivity contribution < 1.29 is 4.92 Å². The summed E-state index contributed by atoms with van der Waals surface area (Å²) in [6.45, 7) is 1.06. The molecular weight excluding hydrogens is 475 g/mol. The summed E-state index contributed by atoms with van der Waals surface area (Å²) >= 11 is 2.47. The van der Waals surface area contributed by atoms with E-state index in [2.05, 4.69) is 63.9 Å². The minimum Gasteiger partial charge on any atom is -0.363 e. The fourth-order valence-corrected chi connectivity index (χ4v) is 6.78. The van der Waals surface area contributed by atoms with Crippen LogP contribution < -0.4 is 4.90 Å². The lowest BCUT2D eigenvalue weighted by Gasteiger charge is -2.51. The van der Waals surface area contributed by atoms with Crippen LogP contribution in [0.1, 0.15) is 47.4 Å². The molecule has 0 unspecified atom stereocenters. The van der Waals surface area contributed by atoms with Crippen LogP contribution in [0.2, 0.25) is 0 Å². The number of non-ortho nitro benzene ring substituents is 1. The van der Waals surface area contributed by atoms with Gasteiger partial charge in [0, 0.05) is 39.8 Å². The lowest BCUT2D eigenvalue weighted by atomic mass is 9.71. The summed E-state index contributed by atoms with van der Waals surface area (Å²) in [4.78, 5) is 13.5. The minimum atomic E-state index is -0.310. The molecule has 0 saturated carbocycles. The van der Waals surface area contributed by atoms with Gasteiger partial charge >= 0.3 is 0 Å². The first kappa shape index (κ1) is 17.7. The summed E-state index contributed by atoms with van der Waals surface area (Å²) in [7, 11) is 0. The average Bonchev–Trinajstić information content (AvgIpc) is 3.37. The first-order valence-electron chi connectivity index (χ1n) is 10.3. The van der Waals surface area contributed by atoms with Crippen LogP contribution >= 0.6 is 22.6 Å². The van der Waals surface area contributed by atoms with Gasteiger partial charge in [-0.25, -0.2) is 0 Å². The Morgan fingerprint density at radius 2 is 1.69 bits per heavy atom. The van der Waals surface area contributed by atoms with Gasteiger partial charge in [-0.05, 0) is 76.1 Å². The topological polar surface area (TPSA) is 46.4 Å². The van der Waals surface area contributed by atoms with Crippen molar-refractivity contribution >= 4 is 34.0 Å². The van der Waals surface area contributed by atoms with Crippen LogP contribution in [0.3, 0.4) is 0 Å². The maximum absolute atomic E-state index is 11.1. The molecule has 0 fully saturated rings. The van der Waals surface area contributed by atoms with Crippen molar-refractivity contribution in [1.82, 2.24) is 0 Å². The van der Waals surface area contributed by atoms with Gasteiger partial charge in [0.2, 0.25) is 0 Å². The molecule has 2 aliphatic heterocycles. The second kappa shape index (κ2) is 6.42. The van der Waals surface area contributed by atoms with Crippen molar-refractivity contribution in [3.8, 4) is 0 Å². The SMILES string of the molecule is O=[N+]([O-])c1ccc([C@@H]2[C@H]3CC=C[C@@H]3c3cc(I)cc4c3N2C[C@H]2CC=C[C@H]42)cc1. The maximum Gasteiger partial charge on any atom is 0.269 e. The molecule has 146 valence electrons. The second-order valence-corrected chi connectivity index (χ2v) is 9.93. The Morgan fingerprint density at radius 1 is 1.00 bits per heavy atom. The Labute approximate surface area is 183 Å². The van der Waals surface area contributed by atoms with Gasteiger partial charge < -0.3 is 4.90 Å². The molecule has 2 aliphatic carbocycles. The molecule has 5 atom stereocenters. The molecule has 0 radical (unpaired) electrons.